The van der Waals surface area contributed by atoms with E-state index >= 15 is 0 Å². The van der Waals surface area contributed by atoms with Crippen LogP contribution in [0.3, 0.4) is 0 Å². The Morgan fingerprint density at radius 2 is 1.71 bits per heavy atom. The van der Waals surface area contributed by atoms with Gasteiger partial charge in [0.15, 0.2) is 0 Å². The van der Waals surface area contributed by atoms with Gasteiger partial charge in [-0.2, -0.15) is 13.2 Å². The highest BCUT2D eigenvalue weighted by molar-refractivity contribution is 7.89. The van der Waals surface area contributed by atoms with Crippen molar-refractivity contribution in [2.45, 2.75) is 11.1 Å². The molecule has 0 aliphatic carbocycles. The van der Waals surface area contributed by atoms with Crippen LogP contribution in [0.1, 0.15) is 5.69 Å². The van der Waals surface area contributed by atoms with Gasteiger partial charge in [-0.3, -0.25) is 9.36 Å². The Hall–Kier alpha value is -2.47. The second kappa shape index (κ2) is 5.56. The second-order valence-corrected chi connectivity index (χ2v) is 6.26. The number of hydrogen-bond acceptors (Lipinski definition) is 4. The molecule has 0 aliphatic rings. The van der Waals surface area contributed by atoms with Gasteiger partial charge in [-0.15, -0.1) is 0 Å². The molecule has 24 heavy (non-hydrogen) atoms. The Morgan fingerprint density at radius 1 is 1.12 bits per heavy atom. The van der Waals surface area contributed by atoms with Crippen LogP contribution in [0.25, 0.3) is 5.69 Å². The molecule has 0 bridgehead atoms. The van der Waals surface area contributed by atoms with Crippen LogP contribution in [0, 0.1) is 5.82 Å². The molecule has 0 saturated heterocycles. The van der Waals surface area contributed by atoms with E-state index in [2.05, 4.69) is 0 Å². The van der Waals surface area contributed by atoms with E-state index < -0.39 is 49.5 Å². The van der Waals surface area contributed by atoms with E-state index in [1.807, 2.05) is 0 Å². The number of hydrogen-bond donors (Lipinski definition) is 1. The molecule has 12 heteroatoms. The van der Waals surface area contributed by atoms with E-state index in [9.17, 15) is 35.6 Å². The minimum absolute atomic E-state index is 0.0826. The van der Waals surface area contributed by atoms with Crippen molar-refractivity contribution in [2.24, 2.45) is 12.2 Å². The summed E-state index contributed by atoms with van der Waals surface area (Å²) in [5, 5.41) is 4.87. The lowest BCUT2D eigenvalue weighted by molar-refractivity contribution is -0.144. The highest BCUT2D eigenvalue weighted by atomic mass is 32.2. The first kappa shape index (κ1) is 17.9. The van der Waals surface area contributed by atoms with E-state index in [0.29, 0.717) is 12.1 Å². The Bertz CT molecular complexity index is 1040. The summed E-state index contributed by atoms with van der Waals surface area (Å²) in [6.45, 7) is 0. The van der Waals surface area contributed by atoms with Gasteiger partial charge >= 0.3 is 11.9 Å². The third-order valence-corrected chi connectivity index (χ3v) is 4.01. The molecule has 1 aromatic heterocycles. The monoisotopic (exact) mass is 367 g/mol. The number of halogens is 4. The lowest BCUT2D eigenvalue weighted by Crippen LogP contribution is -2.41. The molecule has 1 heterocycles. The first-order valence-corrected chi connectivity index (χ1v) is 7.61. The molecule has 0 aliphatic heterocycles. The van der Waals surface area contributed by atoms with Crippen molar-refractivity contribution < 1.29 is 26.0 Å². The number of alkyl halides is 3. The number of sulfonamides is 1. The van der Waals surface area contributed by atoms with Crippen LogP contribution in [-0.2, 0) is 23.2 Å². The third kappa shape index (κ3) is 3.10. The maximum absolute atomic E-state index is 13.9. The normalized spacial score (nSPS) is 12.4. The molecule has 0 saturated carbocycles. The molecule has 2 aromatic rings. The number of rotatable bonds is 2. The fraction of sp³-hybridized carbons (Fsp3) is 0.167. The molecule has 0 atom stereocenters. The summed E-state index contributed by atoms with van der Waals surface area (Å²) in [5.41, 5.74) is -5.34. The molecule has 2 N–H and O–H groups in total. The molecule has 1 aromatic carbocycles. The predicted octanol–water partition coefficient (Wildman–Crippen LogP) is 0.342. The number of aromatic nitrogens is 2. The standard InChI is InChI=1S/C12H9F4N3O4S/c1-18-9(12(14,15)16)5-10(20)19(11(18)21)8-4-6(24(17,22)23)2-3-7(8)13/h2-5H,1H3,(H2,17,22,23). The fourth-order valence-electron chi connectivity index (χ4n) is 1.96. The number of benzene rings is 1. The van der Waals surface area contributed by atoms with Crippen molar-refractivity contribution in [2.75, 3.05) is 0 Å². The zero-order chi connectivity index (χ0) is 18.4. The van der Waals surface area contributed by atoms with E-state index in [1.165, 1.54) is 0 Å². The number of primary sulfonamides is 1. The van der Waals surface area contributed by atoms with Gasteiger partial charge in [0.25, 0.3) is 5.56 Å². The van der Waals surface area contributed by atoms with Gasteiger partial charge in [0.1, 0.15) is 11.5 Å². The number of nitrogens with zero attached hydrogens (tertiary/aromatic N) is 2. The van der Waals surface area contributed by atoms with Gasteiger partial charge in [0, 0.05) is 13.1 Å². The van der Waals surface area contributed by atoms with E-state index in [1.54, 1.807) is 0 Å². The van der Waals surface area contributed by atoms with Crippen LogP contribution < -0.4 is 16.4 Å². The molecule has 0 radical (unpaired) electrons. The first-order valence-electron chi connectivity index (χ1n) is 6.07. The Labute approximate surface area is 131 Å². The van der Waals surface area contributed by atoms with Gasteiger partial charge in [0.2, 0.25) is 10.0 Å². The molecule has 7 nitrogen and oxygen atoms in total. The first-order chi connectivity index (χ1) is 10.8. The molecule has 0 amide bonds. The SMILES string of the molecule is Cn1c(C(F)(F)F)cc(=O)n(-c2cc(S(N)(=O)=O)ccc2F)c1=O. The lowest BCUT2D eigenvalue weighted by Gasteiger charge is -2.14. The minimum atomic E-state index is -4.98. The predicted molar refractivity (Wildman–Crippen MR) is 73.6 cm³/mol. The summed E-state index contributed by atoms with van der Waals surface area (Å²) in [5.74, 6) is -1.19. The van der Waals surface area contributed by atoms with Crippen LogP contribution in [-0.4, -0.2) is 17.6 Å². The highest BCUT2D eigenvalue weighted by Crippen LogP contribution is 2.27. The molecule has 2 rings (SSSR count). The maximum atomic E-state index is 13.9. The molecule has 0 spiro atoms. The molecule has 0 unspecified atom stereocenters. The van der Waals surface area contributed by atoms with Crippen LogP contribution in [0.2, 0.25) is 0 Å². The van der Waals surface area contributed by atoms with E-state index in [4.69, 9.17) is 5.14 Å². The Balaban J connectivity index is 2.88. The minimum Gasteiger partial charge on any atom is -0.292 e. The Morgan fingerprint density at radius 3 is 2.21 bits per heavy atom. The molecular weight excluding hydrogens is 358 g/mol. The van der Waals surface area contributed by atoms with Crippen LogP contribution in [0.5, 0.6) is 0 Å². The zero-order valence-corrected chi connectivity index (χ0v) is 12.7. The topological polar surface area (TPSA) is 104 Å². The van der Waals surface area contributed by atoms with Gasteiger partial charge in [0.05, 0.1) is 10.6 Å². The smallest absolute Gasteiger partial charge is 0.292 e. The van der Waals surface area contributed by atoms with Gasteiger partial charge in [-0.1, -0.05) is 0 Å². The summed E-state index contributed by atoms with van der Waals surface area (Å²) < 4.78 is 75.0. The summed E-state index contributed by atoms with van der Waals surface area (Å²) in [4.78, 5) is 23.3. The maximum Gasteiger partial charge on any atom is 0.431 e. The van der Waals surface area contributed by atoms with Crippen LogP contribution in [0.4, 0.5) is 17.6 Å². The lowest BCUT2D eigenvalue weighted by atomic mass is 10.3. The van der Waals surface area contributed by atoms with Crippen LogP contribution in [0.15, 0.2) is 38.8 Å². The highest BCUT2D eigenvalue weighted by Gasteiger charge is 2.35. The van der Waals surface area contributed by atoms with E-state index in [-0.39, 0.29) is 15.2 Å². The average Bonchev–Trinajstić information content (AvgIpc) is 2.42. The van der Waals surface area contributed by atoms with E-state index in [0.717, 1.165) is 13.1 Å². The summed E-state index contributed by atoms with van der Waals surface area (Å²) in [7, 11) is -3.55. The summed E-state index contributed by atoms with van der Waals surface area (Å²) >= 11 is 0. The molecule has 130 valence electrons. The third-order valence-electron chi connectivity index (χ3n) is 3.10. The van der Waals surface area contributed by atoms with Gasteiger partial charge in [-0.25, -0.2) is 27.3 Å². The van der Waals surface area contributed by atoms with Gasteiger partial charge in [-0.05, 0) is 18.2 Å². The quantitative estimate of drug-likeness (QED) is 0.773. The van der Waals surface area contributed by atoms with Crippen molar-refractivity contribution in [1.82, 2.24) is 9.13 Å². The van der Waals surface area contributed by atoms with Crippen molar-refractivity contribution in [3.8, 4) is 5.69 Å². The van der Waals surface area contributed by atoms with Gasteiger partial charge < -0.3 is 0 Å². The van der Waals surface area contributed by atoms with Crippen molar-refractivity contribution >= 4 is 10.0 Å². The fourth-order valence-corrected chi connectivity index (χ4v) is 2.49. The average molecular weight is 367 g/mol. The summed E-state index contributed by atoms with van der Waals surface area (Å²) in [6, 6.07) is 2.09. The molecule has 0 fully saturated rings. The Kier molecular flexibility index (Phi) is 4.14. The molecular formula is C12H9F4N3O4S. The zero-order valence-electron chi connectivity index (χ0n) is 11.8. The second-order valence-electron chi connectivity index (χ2n) is 4.70. The van der Waals surface area contributed by atoms with Crippen molar-refractivity contribution in [3.63, 3.8) is 0 Å². The largest absolute Gasteiger partial charge is 0.431 e. The number of nitrogens with two attached hydrogens (primary N) is 1. The van der Waals surface area contributed by atoms with Crippen molar-refractivity contribution in [1.29, 1.82) is 0 Å². The van der Waals surface area contributed by atoms with Crippen molar-refractivity contribution in [3.05, 3.63) is 56.6 Å². The summed E-state index contributed by atoms with van der Waals surface area (Å²) in [6.07, 6.45) is -4.98. The van der Waals surface area contributed by atoms with Crippen LogP contribution >= 0.6 is 0 Å².